The second kappa shape index (κ2) is 8.11. The molecule has 0 spiro atoms. The fourth-order valence-corrected chi connectivity index (χ4v) is 3.94. The van der Waals surface area contributed by atoms with Gasteiger partial charge in [-0.1, -0.05) is 36.4 Å². The highest BCUT2D eigenvalue weighted by atomic mass is 32.2. The summed E-state index contributed by atoms with van der Waals surface area (Å²) in [5.41, 5.74) is 1.28. The highest BCUT2D eigenvalue weighted by molar-refractivity contribution is 7.91. The average Bonchev–Trinajstić information content (AvgIpc) is 2.60. The van der Waals surface area contributed by atoms with Crippen molar-refractivity contribution in [3.63, 3.8) is 0 Å². The molecule has 142 valence electrons. The monoisotopic (exact) mass is 404 g/mol. The molecule has 2 N–H and O–H groups in total. The van der Waals surface area contributed by atoms with Gasteiger partial charge in [-0.2, -0.15) is 8.78 Å². The Bertz CT molecular complexity index is 977. The highest BCUT2D eigenvalue weighted by Gasteiger charge is 2.28. The zero-order valence-corrected chi connectivity index (χ0v) is 15.4. The van der Waals surface area contributed by atoms with Crippen molar-refractivity contribution in [2.24, 2.45) is 0 Å². The van der Waals surface area contributed by atoms with Gasteiger partial charge in [0.05, 0.1) is 16.3 Å². The van der Waals surface area contributed by atoms with Crippen molar-refractivity contribution in [1.29, 1.82) is 0 Å². The number of halogens is 2. The van der Waals surface area contributed by atoms with Gasteiger partial charge in [0.15, 0.2) is 0 Å². The summed E-state index contributed by atoms with van der Waals surface area (Å²) in [6.07, 6.45) is 0. The molecule has 2 aromatic carbocycles. The second-order valence-corrected chi connectivity index (χ2v) is 9.25. The molecule has 0 atom stereocenters. The maximum absolute atomic E-state index is 12.8. The minimum Gasteiger partial charge on any atom is -0.380 e. The molecule has 26 heavy (non-hydrogen) atoms. The number of hydrogen-bond donors (Lipinski definition) is 2. The Labute approximate surface area is 151 Å². The van der Waals surface area contributed by atoms with Gasteiger partial charge in [-0.05, 0) is 30.3 Å². The van der Waals surface area contributed by atoms with Gasteiger partial charge < -0.3 is 5.32 Å². The van der Waals surface area contributed by atoms with Crippen molar-refractivity contribution in [3.8, 4) is 0 Å². The number of rotatable bonds is 8. The molecule has 0 fully saturated rings. The third kappa shape index (κ3) is 4.99. The van der Waals surface area contributed by atoms with Crippen LogP contribution < -0.4 is 10.0 Å². The Kier molecular flexibility index (Phi) is 6.32. The lowest BCUT2D eigenvalue weighted by Gasteiger charge is -2.13. The third-order valence-corrected chi connectivity index (χ3v) is 6.34. The predicted octanol–water partition coefficient (Wildman–Crippen LogP) is 2.34. The van der Waals surface area contributed by atoms with Crippen molar-refractivity contribution >= 4 is 25.5 Å². The number of alkyl halides is 2. The van der Waals surface area contributed by atoms with Crippen molar-refractivity contribution in [2.75, 3.05) is 12.4 Å². The van der Waals surface area contributed by atoms with Crippen LogP contribution in [0.4, 0.5) is 14.5 Å². The zero-order valence-electron chi connectivity index (χ0n) is 13.8. The smallest absolute Gasteiger partial charge is 0.341 e. The van der Waals surface area contributed by atoms with Crippen LogP contribution in [0, 0.1) is 0 Å². The Morgan fingerprint density at radius 3 is 2.27 bits per heavy atom. The van der Waals surface area contributed by atoms with Gasteiger partial charge in [-0.3, -0.25) is 0 Å². The minimum absolute atomic E-state index is 0.0565. The van der Waals surface area contributed by atoms with E-state index in [0.717, 1.165) is 6.07 Å². The molecule has 0 saturated heterocycles. The summed E-state index contributed by atoms with van der Waals surface area (Å²) in [5, 5.41) is 2.82. The van der Waals surface area contributed by atoms with Crippen LogP contribution in [0.2, 0.25) is 0 Å². The van der Waals surface area contributed by atoms with E-state index in [1.165, 1.54) is 25.2 Å². The maximum Gasteiger partial charge on any atom is 0.341 e. The summed E-state index contributed by atoms with van der Waals surface area (Å²) in [4.78, 5) is -0.482. The molecule has 0 unspecified atom stereocenters. The first-order chi connectivity index (χ1) is 12.2. The van der Waals surface area contributed by atoms with Crippen LogP contribution in [-0.2, 0) is 32.2 Å². The van der Waals surface area contributed by atoms with Gasteiger partial charge in [0, 0.05) is 6.54 Å². The fraction of sp³-hybridized carbons (Fsp3) is 0.250. The van der Waals surface area contributed by atoms with E-state index in [4.69, 9.17) is 0 Å². The summed E-state index contributed by atoms with van der Waals surface area (Å²) in [7, 11) is -6.84. The molecule has 0 amide bonds. The first-order valence-electron chi connectivity index (χ1n) is 7.50. The van der Waals surface area contributed by atoms with Crippen LogP contribution >= 0.6 is 0 Å². The Morgan fingerprint density at radius 2 is 1.62 bits per heavy atom. The molecule has 0 radical (unpaired) electrons. The van der Waals surface area contributed by atoms with Gasteiger partial charge in [0.25, 0.3) is 0 Å². The SMILES string of the molecule is CNS(=O)(=O)Cc1cccc(CNc2ccccc2S(=O)(=O)C(F)F)c1. The second-order valence-electron chi connectivity index (χ2n) is 5.44. The molecule has 10 heteroatoms. The standard InChI is InChI=1S/C16H18F2N2O4S2/c1-19-25(21,22)11-13-6-4-5-12(9-13)10-20-14-7-2-3-8-15(14)26(23,24)16(17)18/h2-9,16,19-20H,10-11H2,1H3. The Balaban J connectivity index is 2.21. The van der Waals surface area contributed by atoms with Crippen LogP contribution in [0.3, 0.4) is 0 Å². The summed E-state index contributed by atoms with van der Waals surface area (Å²) in [6, 6.07) is 12.1. The quantitative estimate of drug-likeness (QED) is 0.705. The lowest BCUT2D eigenvalue weighted by molar-refractivity contribution is 0.235. The average molecular weight is 404 g/mol. The molecule has 0 aliphatic carbocycles. The minimum atomic E-state index is -4.73. The fourth-order valence-electron chi connectivity index (χ4n) is 2.28. The Morgan fingerprint density at radius 1 is 0.962 bits per heavy atom. The van der Waals surface area contributed by atoms with E-state index in [9.17, 15) is 25.6 Å². The van der Waals surface area contributed by atoms with E-state index in [1.54, 1.807) is 24.3 Å². The van der Waals surface area contributed by atoms with E-state index in [-0.39, 0.29) is 18.0 Å². The lowest BCUT2D eigenvalue weighted by atomic mass is 10.1. The molecule has 0 bridgehead atoms. The van der Waals surface area contributed by atoms with Gasteiger partial charge in [0.1, 0.15) is 0 Å². The molecule has 0 aliphatic rings. The molecule has 2 aromatic rings. The first kappa shape index (κ1) is 20.3. The number of hydrogen-bond acceptors (Lipinski definition) is 5. The number of sulfonamides is 1. The van der Waals surface area contributed by atoms with Crippen LogP contribution in [0.5, 0.6) is 0 Å². The molecule has 0 saturated carbocycles. The van der Waals surface area contributed by atoms with E-state index < -0.39 is 30.5 Å². The van der Waals surface area contributed by atoms with Crippen LogP contribution in [0.1, 0.15) is 11.1 Å². The molecule has 0 heterocycles. The third-order valence-electron chi connectivity index (χ3n) is 3.57. The van der Waals surface area contributed by atoms with E-state index in [0.29, 0.717) is 11.1 Å². The van der Waals surface area contributed by atoms with Crippen LogP contribution in [0.15, 0.2) is 53.4 Å². The molecule has 0 aromatic heterocycles. The Hall–Kier alpha value is -2.04. The van der Waals surface area contributed by atoms with E-state index in [2.05, 4.69) is 10.0 Å². The molecule has 2 rings (SSSR count). The van der Waals surface area contributed by atoms with Gasteiger partial charge in [-0.15, -0.1) is 0 Å². The van der Waals surface area contributed by atoms with E-state index in [1.807, 2.05) is 0 Å². The largest absolute Gasteiger partial charge is 0.380 e. The predicted molar refractivity (Wildman–Crippen MR) is 95.1 cm³/mol. The molecule has 0 aliphatic heterocycles. The van der Waals surface area contributed by atoms with Crippen LogP contribution in [-0.4, -0.2) is 29.6 Å². The maximum atomic E-state index is 12.8. The number of benzene rings is 2. The number of anilines is 1. The van der Waals surface area contributed by atoms with Gasteiger partial charge in [0.2, 0.25) is 19.9 Å². The summed E-state index contributed by atoms with van der Waals surface area (Å²) in [5.74, 6) is -3.71. The number of sulfone groups is 1. The van der Waals surface area contributed by atoms with Crippen LogP contribution in [0.25, 0.3) is 0 Å². The normalized spacial score (nSPS) is 12.3. The number of nitrogens with one attached hydrogen (secondary N) is 2. The lowest BCUT2D eigenvalue weighted by Crippen LogP contribution is -2.20. The molecular weight excluding hydrogens is 386 g/mol. The van der Waals surface area contributed by atoms with Crippen molar-refractivity contribution in [3.05, 3.63) is 59.7 Å². The summed E-state index contributed by atoms with van der Waals surface area (Å²) >= 11 is 0. The summed E-state index contributed by atoms with van der Waals surface area (Å²) < 4.78 is 74.6. The van der Waals surface area contributed by atoms with Gasteiger partial charge in [-0.25, -0.2) is 21.6 Å². The van der Waals surface area contributed by atoms with Gasteiger partial charge >= 0.3 is 5.76 Å². The molecule has 6 nitrogen and oxygen atoms in total. The van der Waals surface area contributed by atoms with E-state index >= 15 is 0 Å². The summed E-state index contributed by atoms with van der Waals surface area (Å²) in [6.45, 7) is 0.142. The zero-order chi connectivity index (χ0) is 19.4. The van der Waals surface area contributed by atoms with Crippen molar-refractivity contribution < 1.29 is 25.6 Å². The van der Waals surface area contributed by atoms with Crippen molar-refractivity contribution in [1.82, 2.24) is 4.72 Å². The highest BCUT2D eigenvalue weighted by Crippen LogP contribution is 2.26. The first-order valence-corrected chi connectivity index (χ1v) is 10.7. The topological polar surface area (TPSA) is 92.3 Å². The van der Waals surface area contributed by atoms with Crippen molar-refractivity contribution in [2.45, 2.75) is 23.0 Å². The number of para-hydroxylation sites is 1. The molecular formula is C16H18F2N2O4S2.